The first-order valence-electron chi connectivity index (χ1n) is 10.4. The van der Waals surface area contributed by atoms with E-state index in [0.29, 0.717) is 0 Å². The highest BCUT2D eigenvalue weighted by Crippen LogP contribution is 2.22. The van der Waals surface area contributed by atoms with E-state index >= 15 is 0 Å². The molecule has 2 fully saturated rings. The van der Waals surface area contributed by atoms with Gasteiger partial charge in [0.25, 0.3) is 0 Å². The predicted molar refractivity (Wildman–Crippen MR) is 111 cm³/mol. The SMILES string of the molecule is C[C@@H]1CCCN1CCCOc1ccc(-c2ccc(N3CCOCC3)nn2)cc1. The maximum atomic E-state index is 5.91. The molecule has 1 aromatic carbocycles. The topological polar surface area (TPSA) is 50.7 Å². The number of likely N-dealkylation sites (tertiary alicyclic amines) is 1. The minimum absolute atomic E-state index is 0.732. The lowest BCUT2D eigenvalue weighted by Gasteiger charge is -2.27. The highest BCUT2D eigenvalue weighted by atomic mass is 16.5. The van der Waals surface area contributed by atoms with Crippen LogP contribution in [0, 0.1) is 0 Å². The minimum Gasteiger partial charge on any atom is -0.494 e. The van der Waals surface area contributed by atoms with Crippen LogP contribution in [-0.4, -0.2) is 67.1 Å². The van der Waals surface area contributed by atoms with E-state index in [9.17, 15) is 0 Å². The summed E-state index contributed by atoms with van der Waals surface area (Å²) in [5, 5.41) is 8.79. The molecule has 6 nitrogen and oxygen atoms in total. The Balaban J connectivity index is 1.26. The van der Waals surface area contributed by atoms with Gasteiger partial charge in [0.1, 0.15) is 5.75 Å². The van der Waals surface area contributed by atoms with Crippen molar-refractivity contribution in [3.05, 3.63) is 36.4 Å². The van der Waals surface area contributed by atoms with Gasteiger partial charge in [-0.25, -0.2) is 0 Å². The lowest BCUT2D eigenvalue weighted by molar-refractivity contribution is 0.122. The molecule has 150 valence electrons. The molecule has 2 aliphatic heterocycles. The molecule has 0 spiro atoms. The smallest absolute Gasteiger partial charge is 0.151 e. The first kappa shape index (κ1) is 19.2. The molecule has 1 aromatic heterocycles. The summed E-state index contributed by atoms with van der Waals surface area (Å²) in [6.07, 6.45) is 3.74. The van der Waals surface area contributed by atoms with Crippen LogP contribution in [0.2, 0.25) is 0 Å². The zero-order valence-electron chi connectivity index (χ0n) is 16.7. The summed E-state index contributed by atoms with van der Waals surface area (Å²) in [5.41, 5.74) is 1.94. The van der Waals surface area contributed by atoms with Crippen molar-refractivity contribution in [2.24, 2.45) is 0 Å². The zero-order chi connectivity index (χ0) is 19.2. The molecule has 0 N–H and O–H groups in total. The third kappa shape index (κ3) is 4.80. The second kappa shape index (κ2) is 9.34. The van der Waals surface area contributed by atoms with E-state index in [2.05, 4.69) is 39.1 Å². The van der Waals surface area contributed by atoms with Crippen LogP contribution in [0.5, 0.6) is 5.75 Å². The van der Waals surface area contributed by atoms with Crippen molar-refractivity contribution in [3.63, 3.8) is 0 Å². The van der Waals surface area contributed by atoms with Gasteiger partial charge in [-0.05, 0) is 69.1 Å². The molecule has 2 aliphatic rings. The number of hydrogen-bond acceptors (Lipinski definition) is 6. The summed E-state index contributed by atoms with van der Waals surface area (Å²) in [6.45, 7) is 8.70. The Morgan fingerprint density at radius 1 is 1.04 bits per heavy atom. The molecular weight excluding hydrogens is 352 g/mol. The van der Waals surface area contributed by atoms with Gasteiger partial charge < -0.3 is 19.3 Å². The van der Waals surface area contributed by atoms with E-state index in [-0.39, 0.29) is 0 Å². The lowest BCUT2D eigenvalue weighted by Crippen LogP contribution is -2.36. The molecule has 28 heavy (non-hydrogen) atoms. The molecule has 0 amide bonds. The molecule has 2 saturated heterocycles. The molecule has 1 atom stereocenters. The van der Waals surface area contributed by atoms with Gasteiger partial charge in [0.15, 0.2) is 5.82 Å². The molecule has 4 rings (SSSR count). The third-order valence-corrected chi connectivity index (χ3v) is 5.68. The molecule has 3 heterocycles. The fraction of sp³-hybridized carbons (Fsp3) is 0.545. The van der Waals surface area contributed by atoms with Gasteiger partial charge in [-0.2, -0.15) is 0 Å². The Hall–Kier alpha value is -2.18. The van der Waals surface area contributed by atoms with Crippen molar-refractivity contribution in [2.75, 3.05) is 50.9 Å². The van der Waals surface area contributed by atoms with E-state index in [1.54, 1.807) is 0 Å². The van der Waals surface area contributed by atoms with Crippen LogP contribution >= 0.6 is 0 Å². The van der Waals surface area contributed by atoms with Crippen LogP contribution in [0.4, 0.5) is 5.82 Å². The van der Waals surface area contributed by atoms with E-state index in [1.807, 2.05) is 24.3 Å². The van der Waals surface area contributed by atoms with Gasteiger partial charge in [0.2, 0.25) is 0 Å². The standard InChI is InChI=1S/C22H30N4O2/c1-18-4-2-11-25(18)12-3-15-28-20-7-5-19(6-8-20)21-9-10-22(24-23-21)26-13-16-27-17-14-26/h5-10,18H,2-4,11-17H2,1H3/t18-/m1/s1. The second-order valence-electron chi connectivity index (χ2n) is 7.63. The van der Waals surface area contributed by atoms with Crippen molar-refractivity contribution in [3.8, 4) is 17.0 Å². The molecule has 0 saturated carbocycles. The summed E-state index contributed by atoms with van der Waals surface area (Å²) in [4.78, 5) is 4.77. The molecule has 2 aromatic rings. The van der Waals surface area contributed by atoms with E-state index in [4.69, 9.17) is 9.47 Å². The average molecular weight is 383 g/mol. The van der Waals surface area contributed by atoms with Crippen LogP contribution < -0.4 is 9.64 Å². The van der Waals surface area contributed by atoms with E-state index in [0.717, 1.165) is 74.7 Å². The van der Waals surface area contributed by atoms with Crippen LogP contribution in [0.1, 0.15) is 26.2 Å². The fourth-order valence-corrected chi connectivity index (χ4v) is 3.94. The molecule has 0 unspecified atom stereocenters. The summed E-state index contributed by atoms with van der Waals surface area (Å²) in [5.74, 6) is 1.83. The largest absolute Gasteiger partial charge is 0.494 e. The van der Waals surface area contributed by atoms with Gasteiger partial charge in [-0.15, -0.1) is 10.2 Å². The van der Waals surface area contributed by atoms with Gasteiger partial charge in [-0.3, -0.25) is 0 Å². The number of hydrogen-bond donors (Lipinski definition) is 0. The van der Waals surface area contributed by atoms with Crippen LogP contribution in [0.15, 0.2) is 36.4 Å². The van der Waals surface area contributed by atoms with E-state index in [1.165, 1.54) is 19.4 Å². The van der Waals surface area contributed by atoms with Crippen molar-refractivity contribution < 1.29 is 9.47 Å². The lowest BCUT2D eigenvalue weighted by atomic mass is 10.1. The number of nitrogens with zero attached hydrogens (tertiary/aromatic N) is 4. The summed E-state index contributed by atoms with van der Waals surface area (Å²) >= 11 is 0. The summed E-state index contributed by atoms with van der Waals surface area (Å²) in [6, 6.07) is 12.9. The van der Waals surface area contributed by atoms with Crippen LogP contribution in [-0.2, 0) is 4.74 Å². The number of rotatable bonds is 7. The first-order chi connectivity index (χ1) is 13.8. The van der Waals surface area contributed by atoms with E-state index < -0.39 is 0 Å². The zero-order valence-corrected chi connectivity index (χ0v) is 16.7. The highest BCUT2D eigenvalue weighted by molar-refractivity contribution is 5.60. The number of aromatic nitrogens is 2. The quantitative estimate of drug-likeness (QED) is 0.686. The van der Waals surface area contributed by atoms with Crippen molar-refractivity contribution >= 4 is 5.82 Å². The Kier molecular flexibility index (Phi) is 6.39. The number of anilines is 1. The average Bonchev–Trinajstić information content (AvgIpc) is 3.17. The first-order valence-corrected chi connectivity index (χ1v) is 10.4. The third-order valence-electron chi connectivity index (χ3n) is 5.68. The number of benzene rings is 1. The molecule has 0 aliphatic carbocycles. The Morgan fingerprint density at radius 3 is 2.54 bits per heavy atom. The highest BCUT2D eigenvalue weighted by Gasteiger charge is 2.19. The maximum absolute atomic E-state index is 5.91. The van der Waals surface area contributed by atoms with Gasteiger partial charge >= 0.3 is 0 Å². The Morgan fingerprint density at radius 2 is 1.86 bits per heavy atom. The van der Waals surface area contributed by atoms with Gasteiger partial charge in [-0.1, -0.05) is 0 Å². The summed E-state index contributed by atoms with van der Waals surface area (Å²) in [7, 11) is 0. The van der Waals surface area contributed by atoms with Crippen molar-refractivity contribution in [1.82, 2.24) is 15.1 Å². The summed E-state index contributed by atoms with van der Waals surface area (Å²) < 4.78 is 11.3. The van der Waals surface area contributed by atoms with Gasteiger partial charge in [0, 0.05) is 31.2 Å². The van der Waals surface area contributed by atoms with Crippen molar-refractivity contribution in [2.45, 2.75) is 32.2 Å². The fourth-order valence-electron chi connectivity index (χ4n) is 3.94. The monoisotopic (exact) mass is 382 g/mol. The second-order valence-corrected chi connectivity index (χ2v) is 7.63. The Labute approximate surface area is 167 Å². The van der Waals surface area contributed by atoms with Crippen LogP contribution in [0.3, 0.4) is 0 Å². The molecule has 6 heteroatoms. The minimum atomic E-state index is 0.732. The number of morpholine rings is 1. The predicted octanol–water partition coefficient (Wildman–Crippen LogP) is 3.23. The molecule has 0 bridgehead atoms. The van der Waals surface area contributed by atoms with Crippen LogP contribution in [0.25, 0.3) is 11.3 Å². The van der Waals surface area contributed by atoms with Crippen molar-refractivity contribution in [1.29, 1.82) is 0 Å². The molecular formula is C22H30N4O2. The Bertz CT molecular complexity index is 729. The van der Waals surface area contributed by atoms with Gasteiger partial charge in [0.05, 0.1) is 25.5 Å². The normalized spacial score (nSPS) is 20.5. The molecule has 0 radical (unpaired) electrons. The number of ether oxygens (including phenoxy) is 2. The maximum Gasteiger partial charge on any atom is 0.151 e.